The summed E-state index contributed by atoms with van der Waals surface area (Å²) in [4.78, 5) is 25.2. The fraction of sp³-hybridized carbons (Fsp3) is 0.192. The van der Waals surface area contributed by atoms with Gasteiger partial charge in [-0.15, -0.1) is 11.8 Å². The minimum absolute atomic E-state index is 0.0862. The molecule has 0 unspecified atom stereocenters. The van der Waals surface area contributed by atoms with Crippen LogP contribution in [0.15, 0.2) is 87.7 Å². The van der Waals surface area contributed by atoms with E-state index in [0.29, 0.717) is 22.6 Å². The summed E-state index contributed by atoms with van der Waals surface area (Å²) in [7, 11) is -4.02. The first kappa shape index (κ1) is 27.0. The lowest BCUT2D eigenvalue weighted by atomic mass is 10.1. The maximum atomic E-state index is 13.5. The van der Waals surface area contributed by atoms with E-state index in [-0.39, 0.29) is 10.8 Å². The highest BCUT2D eigenvalue weighted by Crippen LogP contribution is 2.25. The Morgan fingerprint density at radius 3 is 2.25 bits per heavy atom. The van der Waals surface area contributed by atoms with Gasteiger partial charge in [0.05, 0.1) is 16.3 Å². The predicted molar refractivity (Wildman–Crippen MR) is 145 cm³/mol. The van der Waals surface area contributed by atoms with Crippen LogP contribution in [0.25, 0.3) is 0 Å². The SMILES string of the molecule is CSc1ccc(S(=O)(=O)N(CC(=O)N/N=C(/C)c2cccc(NC(C)=O)c2)c2ccc(C)cc2)cc1. The first-order chi connectivity index (χ1) is 17.1. The molecule has 0 heterocycles. The molecule has 0 aromatic heterocycles. The zero-order valence-electron chi connectivity index (χ0n) is 20.5. The number of amides is 2. The second-order valence-electron chi connectivity index (χ2n) is 8.02. The van der Waals surface area contributed by atoms with Crippen molar-refractivity contribution in [2.24, 2.45) is 5.10 Å². The zero-order valence-corrected chi connectivity index (χ0v) is 22.1. The number of nitrogens with one attached hydrogen (secondary N) is 2. The Morgan fingerprint density at radius 2 is 1.64 bits per heavy atom. The molecule has 36 heavy (non-hydrogen) atoms. The van der Waals surface area contributed by atoms with E-state index >= 15 is 0 Å². The highest BCUT2D eigenvalue weighted by atomic mass is 32.2. The first-order valence-corrected chi connectivity index (χ1v) is 13.7. The number of anilines is 2. The molecule has 0 atom stereocenters. The Kier molecular flexibility index (Phi) is 8.89. The van der Waals surface area contributed by atoms with Crippen LogP contribution in [0.3, 0.4) is 0 Å². The summed E-state index contributed by atoms with van der Waals surface area (Å²) >= 11 is 1.51. The summed E-state index contributed by atoms with van der Waals surface area (Å²) in [6.07, 6.45) is 1.91. The molecule has 2 N–H and O–H groups in total. The second-order valence-corrected chi connectivity index (χ2v) is 10.8. The third-order valence-electron chi connectivity index (χ3n) is 5.21. The fourth-order valence-electron chi connectivity index (χ4n) is 3.30. The smallest absolute Gasteiger partial charge is 0.264 e. The number of nitrogens with zero attached hydrogens (tertiary/aromatic N) is 2. The van der Waals surface area contributed by atoms with Gasteiger partial charge in [0.25, 0.3) is 15.9 Å². The van der Waals surface area contributed by atoms with Gasteiger partial charge in [0, 0.05) is 17.5 Å². The van der Waals surface area contributed by atoms with Crippen molar-refractivity contribution >= 4 is 50.7 Å². The Morgan fingerprint density at radius 1 is 0.972 bits per heavy atom. The topological polar surface area (TPSA) is 108 Å². The molecular weight excluding hydrogens is 496 g/mol. The number of carbonyl (C=O) groups is 2. The lowest BCUT2D eigenvalue weighted by Gasteiger charge is -2.24. The number of thioether (sulfide) groups is 1. The van der Waals surface area contributed by atoms with E-state index in [1.54, 1.807) is 67.6 Å². The molecule has 188 valence electrons. The van der Waals surface area contributed by atoms with Crippen LogP contribution in [0.1, 0.15) is 25.0 Å². The molecule has 0 radical (unpaired) electrons. The molecule has 3 aromatic carbocycles. The quantitative estimate of drug-likeness (QED) is 0.245. The number of rotatable bonds is 9. The molecule has 3 aromatic rings. The van der Waals surface area contributed by atoms with E-state index in [0.717, 1.165) is 14.8 Å². The Balaban J connectivity index is 1.84. The Bertz CT molecular complexity index is 1370. The van der Waals surface area contributed by atoms with Gasteiger partial charge in [-0.2, -0.15) is 5.10 Å². The standard InChI is InChI=1S/C26H28N4O4S2/c1-18-8-10-23(11-9-18)30(36(33,34)25-14-12-24(35-4)13-15-25)17-26(32)29-28-19(2)21-6-5-7-22(16-21)27-20(3)31/h5-16H,17H2,1-4H3,(H,27,31)(H,29,32)/b28-19-. The van der Waals surface area contributed by atoms with E-state index in [4.69, 9.17) is 0 Å². The van der Waals surface area contributed by atoms with Gasteiger partial charge in [0.15, 0.2) is 0 Å². The fourth-order valence-corrected chi connectivity index (χ4v) is 5.13. The van der Waals surface area contributed by atoms with Gasteiger partial charge in [-0.25, -0.2) is 13.8 Å². The number of carbonyl (C=O) groups excluding carboxylic acids is 2. The van der Waals surface area contributed by atoms with Crippen molar-refractivity contribution < 1.29 is 18.0 Å². The van der Waals surface area contributed by atoms with E-state index in [2.05, 4.69) is 15.8 Å². The van der Waals surface area contributed by atoms with Crippen LogP contribution in [-0.2, 0) is 19.6 Å². The van der Waals surface area contributed by atoms with Crippen LogP contribution in [0.2, 0.25) is 0 Å². The van der Waals surface area contributed by atoms with Gasteiger partial charge in [-0.3, -0.25) is 13.9 Å². The van der Waals surface area contributed by atoms with E-state index in [1.807, 2.05) is 13.2 Å². The molecule has 0 aliphatic heterocycles. The highest BCUT2D eigenvalue weighted by Gasteiger charge is 2.27. The molecule has 2 amide bonds. The summed E-state index contributed by atoms with van der Waals surface area (Å²) in [5.74, 6) is -0.798. The molecule has 0 spiro atoms. The molecule has 0 bridgehead atoms. The third-order valence-corrected chi connectivity index (χ3v) is 7.74. The number of benzene rings is 3. The Hall–Kier alpha value is -3.63. The predicted octanol–water partition coefficient (Wildman–Crippen LogP) is 4.41. The van der Waals surface area contributed by atoms with Crippen molar-refractivity contribution in [1.82, 2.24) is 5.43 Å². The monoisotopic (exact) mass is 524 g/mol. The van der Waals surface area contributed by atoms with Crippen LogP contribution in [0, 0.1) is 6.92 Å². The summed E-state index contributed by atoms with van der Waals surface area (Å²) in [6, 6.07) is 20.5. The van der Waals surface area contributed by atoms with Gasteiger partial charge < -0.3 is 5.32 Å². The van der Waals surface area contributed by atoms with Crippen molar-refractivity contribution in [2.45, 2.75) is 30.6 Å². The van der Waals surface area contributed by atoms with Gasteiger partial charge in [-0.05, 0) is 74.2 Å². The molecule has 8 nitrogen and oxygen atoms in total. The van der Waals surface area contributed by atoms with Crippen LogP contribution in [0.4, 0.5) is 11.4 Å². The minimum Gasteiger partial charge on any atom is -0.326 e. The molecule has 3 rings (SSSR count). The Labute approximate surface area is 215 Å². The molecule has 0 saturated heterocycles. The number of aryl methyl sites for hydroxylation is 1. The summed E-state index contributed by atoms with van der Waals surface area (Å²) in [5, 5.41) is 6.83. The van der Waals surface area contributed by atoms with E-state index in [9.17, 15) is 18.0 Å². The third kappa shape index (κ3) is 6.96. The second kappa shape index (κ2) is 11.9. The number of hydrogen-bond donors (Lipinski definition) is 2. The van der Waals surface area contributed by atoms with Crippen molar-refractivity contribution in [3.63, 3.8) is 0 Å². The lowest BCUT2D eigenvalue weighted by molar-refractivity contribution is -0.119. The molecule has 0 fully saturated rings. The van der Waals surface area contributed by atoms with Crippen LogP contribution >= 0.6 is 11.8 Å². The van der Waals surface area contributed by atoms with E-state index in [1.165, 1.54) is 30.8 Å². The maximum Gasteiger partial charge on any atom is 0.264 e. The number of sulfonamides is 1. The van der Waals surface area contributed by atoms with Gasteiger partial charge in [0.2, 0.25) is 5.91 Å². The number of hydrazone groups is 1. The lowest BCUT2D eigenvalue weighted by Crippen LogP contribution is -2.39. The highest BCUT2D eigenvalue weighted by molar-refractivity contribution is 7.98. The van der Waals surface area contributed by atoms with Crippen LogP contribution in [-0.4, -0.2) is 38.7 Å². The van der Waals surface area contributed by atoms with Crippen LogP contribution in [0.5, 0.6) is 0 Å². The van der Waals surface area contributed by atoms with Crippen LogP contribution < -0.4 is 15.0 Å². The molecule has 0 aliphatic carbocycles. The molecule has 10 heteroatoms. The molecule has 0 aliphatic rings. The van der Waals surface area contributed by atoms with Crippen molar-refractivity contribution in [1.29, 1.82) is 0 Å². The molecular formula is C26H28N4O4S2. The van der Waals surface area contributed by atoms with Crippen molar-refractivity contribution in [3.05, 3.63) is 83.9 Å². The van der Waals surface area contributed by atoms with Crippen molar-refractivity contribution in [2.75, 3.05) is 22.4 Å². The van der Waals surface area contributed by atoms with Gasteiger partial charge in [-0.1, -0.05) is 29.8 Å². The largest absolute Gasteiger partial charge is 0.326 e. The zero-order chi connectivity index (χ0) is 26.3. The first-order valence-electron chi connectivity index (χ1n) is 11.0. The summed E-state index contributed by atoms with van der Waals surface area (Å²) in [5.41, 5.74) is 5.57. The number of hydrogen-bond acceptors (Lipinski definition) is 6. The summed E-state index contributed by atoms with van der Waals surface area (Å²) < 4.78 is 28.1. The van der Waals surface area contributed by atoms with Gasteiger partial charge >= 0.3 is 0 Å². The normalized spacial score (nSPS) is 11.6. The average Bonchev–Trinajstić information content (AvgIpc) is 2.86. The average molecular weight is 525 g/mol. The minimum atomic E-state index is -4.02. The van der Waals surface area contributed by atoms with Gasteiger partial charge in [0.1, 0.15) is 6.54 Å². The van der Waals surface area contributed by atoms with Crippen molar-refractivity contribution in [3.8, 4) is 0 Å². The van der Waals surface area contributed by atoms with E-state index < -0.39 is 22.5 Å². The summed E-state index contributed by atoms with van der Waals surface area (Å²) in [6.45, 7) is 4.56. The molecule has 0 saturated carbocycles. The maximum absolute atomic E-state index is 13.5.